The van der Waals surface area contributed by atoms with Crippen LogP contribution in [0.2, 0.25) is 0 Å². The fourth-order valence-electron chi connectivity index (χ4n) is 3.18. The summed E-state index contributed by atoms with van der Waals surface area (Å²) in [6, 6.07) is 5.03. The quantitative estimate of drug-likeness (QED) is 0.0590. The highest BCUT2D eigenvalue weighted by Gasteiger charge is 2.58. The number of amidine groups is 1. The maximum Gasteiger partial charge on any atom is 0.418 e. The molecule has 8 N–H and O–H groups in total. The number of carbonyl (C=O) groups excluding carboxylic acids is 2. The number of ether oxygens (including phenoxy) is 1. The van der Waals surface area contributed by atoms with Crippen molar-refractivity contribution in [3.8, 4) is 5.75 Å². The number of thiazole rings is 1. The summed E-state index contributed by atoms with van der Waals surface area (Å²) in [7, 11) is -4.97. The molecule has 2 amide bonds. The number of anilines is 1. The first-order valence-electron chi connectivity index (χ1n) is 10.7. The molecule has 1 aliphatic heterocycles. The second kappa shape index (κ2) is 11.3. The van der Waals surface area contributed by atoms with Gasteiger partial charge in [0.25, 0.3) is 11.8 Å². The lowest BCUT2D eigenvalue weighted by molar-refractivity contribution is -0.218. The molecule has 0 radical (unpaired) electrons. The number of nitrogens with zero attached hydrogens (tertiary/aromatic N) is 3. The monoisotopic (exact) mass is 571 g/mol. The van der Waals surface area contributed by atoms with Crippen LogP contribution in [0.3, 0.4) is 0 Å². The van der Waals surface area contributed by atoms with Crippen LogP contribution in [0.1, 0.15) is 25.1 Å². The van der Waals surface area contributed by atoms with Gasteiger partial charge in [0, 0.05) is 10.9 Å². The van der Waals surface area contributed by atoms with Gasteiger partial charge >= 0.3 is 10.4 Å². The summed E-state index contributed by atoms with van der Waals surface area (Å²) in [5.41, 5.74) is 9.83. The molecule has 0 spiro atoms. The third-order valence-electron chi connectivity index (χ3n) is 5.20. The third-order valence-corrected chi connectivity index (χ3v) is 6.21. The Hall–Kier alpha value is -3.84. The number of aromatic nitrogens is 1. The van der Waals surface area contributed by atoms with Crippen molar-refractivity contribution in [3.63, 3.8) is 0 Å². The van der Waals surface area contributed by atoms with Crippen LogP contribution in [0, 0.1) is 5.41 Å². The van der Waals surface area contributed by atoms with Crippen LogP contribution < -0.4 is 21.5 Å². The standard InChI is InChI=1S/C20H25N7O9S2/c1-20(2)15(18(30)27(20)36-38(31,32)33)25-17(29)14(13-9-37-19(23)24-13)26-35-12(7-28)8-34-11-5-3-10(4-6-11)16(21)22/h3-6,9,12,15,28H,7-8H2,1-2H3,(H3,21,22)(H2,23,24)(H,25,29)(H,31,32,33)/b26-14-/t12-,15-/m1/s1. The minimum atomic E-state index is -4.97. The van der Waals surface area contributed by atoms with Crippen LogP contribution in [0.4, 0.5) is 5.13 Å². The van der Waals surface area contributed by atoms with Crippen molar-refractivity contribution in [3.05, 3.63) is 40.9 Å². The number of hydrogen-bond donors (Lipinski definition) is 6. The minimum absolute atomic E-state index is 0.0121. The Morgan fingerprint density at radius 1 is 1.37 bits per heavy atom. The predicted molar refractivity (Wildman–Crippen MR) is 133 cm³/mol. The third kappa shape index (κ3) is 6.72. The van der Waals surface area contributed by atoms with E-state index in [0.29, 0.717) is 16.4 Å². The smallest absolute Gasteiger partial charge is 0.418 e. The molecular weight excluding hydrogens is 546 g/mol. The van der Waals surface area contributed by atoms with E-state index in [2.05, 4.69) is 19.7 Å². The molecule has 0 aliphatic carbocycles. The summed E-state index contributed by atoms with van der Waals surface area (Å²) in [5, 5.41) is 25.2. The molecule has 1 aliphatic rings. The lowest BCUT2D eigenvalue weighted by Gasteiger charge is -2.50. The van der Waals surface area contributed by atoms with Gasteiger partial charge in [-0.15, -0.1) is 15.6 Å². The van der Waals surface area contributed by atoms with E-state index in [0.717, 1.165) is 11.3 Å². The number of amides is 2. The van der Waals surface area contributed by atoms with E-state index in [1.165, 1.54) is 19.2 Å². The molecule has 1 aromatic heterocycles. The average molecular weight is 572 g/mol. The van der Waals surface area contributed by atoms with Crippen molar-refractivity contribution in [2.75, 3.05) is 18.9 Å². The van der Waals surface area contributed by atoms with Gasteiger partial charge in [-0.25, -0.2) is 4.98 Å². The van der Waals surface area contributed by atoms with Crippen LogP contribution in [0.25, 0.3) is 0 Å². The van der Waals surface area contributed by atoms with Crippen LogP contribution in [0.5, 0.6) is 5.75 Å². The number of benzene rings is 1. The van der Waals surface area contributed by atoms with Gasteiger partial charge in [0.2, 0.25) is 0 Å². The zero-order valence-corrected chi connectivity index (χ0v) is 21.7. The molecule has 2 atom stereocenters. The van der Waals surface area contributed by atoms with E-state index in [4.69, 9.17) is 31.0 Å². The predicted octanol–water partition coefficient (Wildman–Crippen LogP) is -0.990. The number of aliphatic hydroxyl groups is 1. The molecule has 38 heavy (non-hydrogen) atoms. The number of aliphatic hydroxyl groups excluding tert-OH is 1. The normalized spacial score (nSPS) is 17.9. The Kier molecular flexibility index (Phi) is 8.52. The molecule has 0 saturated carbocycles. The Bertz CT molecular complexity index is 1340. The van der Waals surface area contributed by atoms with E-state index < -0.39 is 46.5 Å². The van der Waals surface area contributed by atoms with E-state index in [1.54, 1.807) is 24.3 Å². The van der Waals surface area contributed by atoms with Gasteiger partial charge in [-0.2, -0.15) is 13.5 Å². The first-order valence-corrected chi connectivity index (χ1v) is 12.9. The van der Waals surface area contributed by atoms with E-state index in [-0.39, 0.29) is 29.0 Å². The number of oxime groups is 1. The van der Waals surface area contributed by atoms with Gasteiger partial charge in [0.15, 0.2) is 16.9 Å². The summed E-state index contributed by atoms with van der Waals surface area (Å²) >= 11 is 1.01. The Labute approximate surface area is 220 Å². The summed E-state index contributed by atoms with van der Waals surface area (Å²) in [5.74, 6) is -1.59. The topological polar surface area (TPSA) is 253 Å². The van der Waals surface area contributed by atoms with Gasteiger partial charge in [0.05, 0.1) is 12.1 Å². The second-order valence-corrected chi connectivity index (χ2v) is 10.3. The first kappa shape index (κ1) is 28.7. The molecule has 1 fully saturated rings. The number of nitrogen functional groups attached to an aromatic ring is 2. The number of nitrogens with two attached hydrogens (primary N) is 2. The summed E-state index contributed by atoms with van der Waals surface area (Å²) < 4.78 is 40.7. The van der Waals surface area contributed by atoms with Gasteiger partial charge in [0.1, 0.15) is 29.9 Å². The average Bonchev–Trinajstić information content (AvgIpc) is 3.28. The van der Waals surface area contributed by atoms with Gasteiger partial charge in [-0.05, 0) is 38.1 Å². The first-order chi connectivity index (χ1) is 17.7. The number of β-lactam (4-membered cyclic amide) rings is 1. The summed E-state index contributed by atoms with van der Waals surface area (Å²) in [4.78, 5) is 34.7. The van der Waals surface area contributed by atoms with Crippen LogP contribution in [-0.2, 0) is 29.1 Å². The molecule has 3 rings (SSSR count). The van der Waals surface area contributed by atoms with E-state index >= 15 is 0 Å². The number of hydroxylamine groups is 2. The zero-order chi connectivity index (χ0) is 28.3. The molecule has 2 aromatic rings. The second-order valence-electron chi connectivity index (χ2n) is 8.36. The summed E-state index contributed by atoms with van der Waals surface area (Å²) in [6.07, 6.45) is -1.03. The highest BCUT2D eigenvalue weighted by Crippen LogP contribution is 2.33. The van der Waals surface area contributed by atoms with Crippen molar-refractivity contribution in [2.45, 2.75) is 31.5 Å². The van der Waals surface area contributed by atoms with Crippen molar-refractivity contribution in [2.24, 2.45) is 10.9 Å². The van der Waals surface area contributed by atoms with Crippen molar-refractivity contribution in [1.29, 1.82) is 5.41 Å². The molecule has 2 heterocycles. The van der Waals surface area contributed by atoms with Crippen LogP contribution in [-0.4, -0.2) is 82.4 Å². The van der Waals surface area contributed by atoms with Gasteiger partial charge < -0.3 is 31.5 Å². The highest BCUT2D eigenvalue weighted by atomic mass is 32.3. The van der Waals surface area contributed by atoms with E-state index in [1.807, 2.05) is 0 Å². The molecule has 206 valence electrons. The maximum atomic E-state index is 13.0. The van der Waals surface area contributed by atoms with E-state index in [9.17, 15) is 23.1 Å². The molecule has 0 bridgehead atoms. The maximum absolute atomic E-state index is 13.0. The fraction of sp³-hybridized carbons (Fsp3) is 0.350. The Balaban J connectivity index is 1.72. The van der Waals surface area contributed by atoms with Crippen molar-refractivity contribution < 1.29 is 41.5 Å². The van der Waals surface area contributed by atoms with Crippen molar-refractivity contribution >= 4 is 50.2 Å². The van der Waals surface area contributed by atoms with Gasteiger partial charge in [-0.1, -0.05) is 5.16 Å². The lowest BCUT2D eigenvalue weighted by atomic mass is 9.84. The summed E-state index contributed by atoms with van der Waals surface area (Å²) in [6.45, 7) is 2.06. The largest absolute Gasteiger partial charge is 0.490 e. The lowest BCUT2D eigenvalue weighted by Crippen LogP contribution is -2.76. The molecule has 1 aromatic carbocycles. The van der Waals surface area contributed by atoms with Gasteiger partial charge in [-0.3, -0.25) is 19.6 Å². The van der Waals surface area contributed by atoms with Crippen molar-refractivity contribution in [1.82, 2.24) is 15.4 Å². The fourth-order valence-corrected chi connectivity index (χ4v) is 4.19. The molecule has 18 heteroatoms. The Morgan fingerprint density at radius 2 is 2.03 bits per heavy atom. The number of carbonyl (C=O) groups is 2. The molecule has 1 saturated heterocycles. The molecular formula is C20H25N7O9S2. The van der Waals surface area contributed by atoms with Crippen LogP contribution in [0.15, 0.2) is 34.8 Å². The number of hydrogen-bond acceptors (Lipinski definition) is 13. The highest BCUT2D eigenvalue weighted by molar-refractivity contribution is 7.80. The molecule has 0 unspecified atom stereocenters. The zero-order valence-electron chi connectivity index (χ0n) is 20.0. The number of nitrogens with one attached hydrogen (secondary N) is 2. The number of rotatable bonds is 12. The molecule has 16 nitrogen and oxygen atoms in total. The SMILES string of the molecule is CC1(C)[C@H](NC(=O)/C(=N\O[C@H](CO)COc2ccc(C(=N)N)cc2)c2csc(N)n2)C(=O)N1OS(=O)(=O)O. The van der Waals surface area contributed by atoms with Crippen LogP contribution >= 0.6 is 11.3 Å². The minimum Gasteiger partial charge on any atom is -0.490 e. The Morgan fingerprint density at radius 3 is 2.53 bits per heavy atom.